The molecule has 0 bridgehead atoms. The van der Waals surface area contributed by atoms with Crippen molar-refractivity contribution in [2.45, 2.75) is 20.4 Å². The SMILES string of the molecule is CC(C)Cn1c(=O)[nH]c2nc(-c3cccc(C(N)=O)c3)cnc21. The molecule has 0 saturated carbocycles. The summed E-state index contributed by atoms with van der Waals surface area (Å²) in [6.45, 7) is 4.63. The zero-order valence-electron chi connectivity index (χ0n) is 12.9. The van der Waals surface area contributed by atoms with Gasteiger partial charge in [-0.1, -0.05) is 26.0 Å². The summed E-state index contributed by atoms with van der Waals surface area (Å²) in [6, 6.07) is 6.83. The first-order valence-corrected chi connectivity index (χ1v) is 7.31. The van der Waals surface area contributed by atoms with Gasteiger partial charge in [0.05, 0.1) is 11.9 Å². The lowest BCUT2D eigenvalue weighted by atomic mass is 10.1. The monoisotopic (exact) mass is 311 g/mol. The van der Waals surface area contributed by atoms with Gasteiger partial charge in [0.15, 0.2) is 11.3 Å². The maximum absolute atomic E-state index is 12.0. The number of amides is 1. The summed E-state index contributed by atoms with van der Waals surface area (Å²) >= 11 is 0. The van der Waals surface area contributed by atoms with Crippen molar-refractivity contribution >= 4 is 17.2 Å². The van der Waals surface area contributed by atoms with E-state index in [4.69, 9.17) is 5.73 Å². The summed E-state index contributed by atoms with van der Waals surface area (Å²) in [5.74, 6) is -0.183. The number of hydrogen-bond acceptors (Lipinski definition) is 4. The lowest BCUT2D eigenvalue weighted by Gasteiger charge is -2.06. The molecule has 7 nitrogen and oxygen atoms in total. The highest BCUT2D eigenvalue weighted by molar-refractivity contribution is 5.94. The molecule has 0 aliphatic heterocycles. The van der Waals surface area contributed by atoms with Gasteiger partial charge < -0.3 is 5.73 Å². The van der Waals surface area contributed by atoms with Crippen molar-refractivity contribution in [3.8, 4) is 11.3 Å². The molecule has 0 aliphatic rings. The molecule has 3 rings (SSSR count). The third-order valence-corrected chi connectivity index (χ3v) is 3.47. The van der Waals surface area contributed by atoms with Crippen LogP contribution in [0.5, 0.6) is 0 Å². The number of hydrogen-bond donors (Lipinski definition) is 2. The predicted molar refractivity (Wildman–Crippen MR) is 86.9 cm³/mol. The Kier molecular flexibility index (Phi) is 3.69. The lowest BCUT2D eigenvalue weighted by Crippen LogP contribution is -2.19. The van der Waals surface area contributed by atoms with E-state index in [-0.39, 0.29) is 5.69 Å². The number of H-pyrrole nitrogens is 1. The zero-order valence-corrected chi connectivity index (χ0v) is 12.9. The molecular weight excluding hydrogens is 294 g/mol. The fourth-order valence-electron chi connectivity index (χ4n) is 2.43. The number of carbonyl (C=O) groups excluding carboxylic acids is 1. The Morgan fingerprint density at radius 3 is 2.87 bits per heavy atom. The molecule has 0 fully saturated rings. The van der Waals surface area contributed by atoms with Crippen LogP contribution in [0.4, 0.5) is 0 Å². The molecule has 7 heteroatoms. The number of primary amides is 1. The maximum Gasteiger partial charge on any atom is 0.328 e. The smallest absolute Gasteiger partial charge is 0.328 e. The van der Waals surface area contributed by atoms with Crippen molar-refractivity contribution in [2.75, 3.05) is 0 Å². The number of carbonyl (C=O) groups is 1. The number of nitrogens with two attached hydrogens (primary N) is 1. The molecule has 3 N–H and O–H groups in total. The summed E-state index contributed by atoms with van der Waals surface area (Å²) in [5.41, 5.74) is 7.71. The highest BCUT2D eigenvalue weighted by atomic mass is 16.1. The second kappa shape index (κ2) is 5.68. The minimum absolute atomic E-state index is 0.225. The number of aromatic nitrogens is 4. The standard InChI is InChI=1S/C16H17N5O2/c1-9(2)8-21-15-14(20-16(21)23)19-12(7-18-15)10-4-3-5-11(6-10)13(17)22/h3-7,9H,8H2,1-2H3,(H2,17,22)(H,19,20,23). The Morgan fingerprint density at radius 2 is 2.17 bits per heavy atom. The Balaban J connectivity index is 2.09. The zero-order chi connectivity index (χ0) is 16.6. The van der Waals surface area contributed by atoms with Gasteiger partial charge in [-0.05, 0) is 18.1 Å². The van der Waals surface area contributed by atoms with Crippen LogP contribution in [0.25, 0.3) is 22.6 Å². The number of benzene rings is 1. The third-order valence-electron chi connectivity index (χ3n) is 3.47. The normalized spacial score (nSPS) is 11.3. The topological polar surface area (TPSA) is 107 Å². The largest absolute Gasteiger partial charge is 0.366 e. The Bertz CT molecular complexity index is 939. The van der Waals surface area contributed by atoms with E-state index in [1.165, 1.54) is 0 Å². The first-order chi connectivity index (χ1) is 11.0. The summed E-state index contributed by atoms with van der Waals surface area (Å²) in [4.78, 5) is 34.8. The van der Waals surface area contributed by atoms with Gasteiger partial charge >= 0.3 is 5.69 Å². The number of rotatable bonds is 4. The van der Waals surface area contributed by atoms with Crippen molar-refractivity contribution in [3.63, 3.8) is 0 Å². The Morgan fingerprint density at radius 1 is 1.39 bits per heavy atom. The number of nitrogens with zero attached hydrogens (tertiary/aromatic N) is 3. The molecule has 0 spiro atoms. The molecule has 0 atom stereocenters. The van der Waals surface area contributed by atoms with Gasteiger partial charge in [-0.2, -0.15) is 0 Å². The molecule has 1 amide bonds. The van der Waals surface area contributed by atoms with Gasteiger partial charge in [0.2, 0.25) is 5.91 Å². The minimum atomic E-state index is -0.502. The van der Waals surface area contributed by atoms with Crippen LogP contribution in [0.15, 0.2) is 35.3 Å². The molecule has 118 valence electrons. The van der Waals surface area contributed by atoms with E-state index in [0.717, 1.165) is 0 Å². The van der Waals surface area contributed by atoms with Crippen molar-refractivity contribution in [2.24, 2.45) is 11.7 Å². The summed E-state index contributed by atoms with van der Waals surface area (Å²) < 4.78 is 1.58. The molecule has 2 heterocycles. The highest BCUT2D eigenvalue weighted by Gasteiger charge is 2.12. The summed E-state index contributed by atoms with van der Waals surface area (Å²) in [6.07, 6.45) is 1.59. The molecule has 3 aromatic rings. The van der Waals surface area contributed by atoms with Crippen molar-refractivity contribution < 1.29 is 4.79 Å². The van der Waals surface area contributed by atoms with Gasteiger partial charge in [0, 0.05) is 17.7 Å². The van der Waals surface area contributed by atoms with Crippen LogP contribution < -0.4 is 11.4 Å². The first kappa shape index (κ1) is 15.0. The van der Waals surface area contributed by atoms with Gasteiger partial charge in [0.1, 0.15) is 0 Å². The minimum Gasteiger partial charge on any atom is -0.366 e. The van der Waals surface area contributed by atoms with Crippen LogP contribution in [-0.4, -0.2) is 25.4 Å². The van der Waals surface area contributed by atoms with Crippen LogP contribution in [0.3, 0.4) is 0 Å². The molecule has 0 radical (unpaired) electrons. The van der Waals surface area contributed by atoms with Gasteiger partial charge in [-0.25, -0.2) is 14.8 Å². The first-order valence-electron chi connectivity index (χ1n) is 7.31. The van der Waals surface area contributed by atoms with Crippen LogP contribution in [0.1, 0.15) is 24.2 Å². The fourth-order valence-corrected chi connectivity index (χ4v) is 2.43. The van der Waals surface area contributed by atoms with E-state index in [0.29, 0.717) is 40.6 Å². The van der Waals surface area contributed by atoms with Gasteiger partial charge in [0.25, 0.3) is 0 Å². The molecular formula is C16H17N5O2. The Labute approximate surface area is 132 Å². The van der Waals surface area contributed by atoms with E-state index < -0.39 is 5.91 Å². The quantitative estimate of drug-likeness (QED) is 0.762. The lowest BCUT2D eigenvalue weighted by molar-refractivity contribution is 0.100. The fraction of sp³-hybridized carbons (Fsp3) is 0.250. The van der Waals surface area contributed by atoms with Crippen LogP contribution in [0.2, 0.25) is 0 Å². The van der Waals surface area contributed by atoms with Crippen molar-refractivity contribution in [1.82, 2.24) is 19.5 Å². The predicted octanol–water partition coefficient (Wildman–Crippen LogP) is 1.54. The van der Waals surface area contributed by atoms with E-state index in [1.807, 2.05) is 19.9 Å². The molecule has 23 heavy (non-hydrogen) atoms. The summed E-state index contributed by atoms with van der Waals surface area (Å²) in [7, 11) is 0. The van der Waals surface area contributed by atoms with Crippen LogP contribution in [0, 0.1) is 5.92 Å². The number of imidazole rings is 1. The second-order valence-corrected chi connectivity index (χ2v) is 5.81. The molecule has 0 unspecified atom stereocenters. The molecule has 1 aromatic carbocycles. The van der Waals surface area contributed by atoms with E-state index in [1.54, 1.807) is 29.0 Å². The number of fused-ring (bicyclic) bond motifs is 1. The maximum atomic E-state index is 12.0. The molecule has 2 aromatic heterocycles. The van der Waals surface area contributed by atoms with Gasteiger partial charge in [-0.15, -0.1) is 0 Å². The van der Waals surface area contributed by atoms with Crippen molar-refractivity contribution in [1.29, 1.82) is 0 Å². The molecule has 0 aliphatic carbocycles. The third kappa shape index (κ3) is 2.85. The van der Waals surface area contributed by atoms with E-state index >= 15 is 0 Å². The highest BCUT2D eigenvalue weighted by Crippen LogP contribution is 2.19. The van der Waals surface area contributed by atoms with Crippen LogP contribution in [-0.2, 0) is 6.54 Å². The molecule has 0 saturated heterocycles. The van der Waals surface area contributed by atoms with Crippen LogP contribution >= 0.6 is 0 Å². The number of nitrogens with one attached hydrogen (secondary N) is 1. The van der Waals surface area contributed by atoms with Gasteiger partial charge in [-0.3, -0.25) is 14.3 Å². The average Bonchev–Trinajstić information content (AvgIpc) is 2.82. The summed E-state index contributed by atoms with van der Waals surface area (Å²) in [5, 5.41) is 0. The van der Waals surface area contributed by atoms with E-state index in [9.17, 15) is 9.59 Å². The number of aromatic amines is 1. The van der Waals surface area contributed by atoms with Crippen molar-refractivity contribution in [3.05, 3.63) is 46.5 Å². The second-order valence-electron chi connectivity index (χ2n) is 5.81. The Hall–Kier alpha value is -2.96. The average molecular weight is 311 g/mol. The van der Waals surface area contributed by atoms with E-state index in [2.05, 4.69) is 15.0 Å².